The summed E-state index contributed by atoms with van der Waals surface area (Å²) in [6, 6.07) is 5.90. The summed E-state index contributed by atoms with van der Waals surface area (Å²) in [6.45, 7) is 2.07. The molecule has 1 saturated carbocycles. The highest BCUT2D eigenvalue weighted by Gasteiger charge is 2.42. The number of nitrogens with one attached hydrogen (secondary N) is 1. The van der Waals surface area contributed by atoms with E-state index in [2.05, 4.69) is 18.3 Å². The van der Waals surface area contributed by atoms with Crippen molar-refractivity contribution in [2.45, 2.75) is 57.5 Å². The van der Waals surface area contributed by atoms with Gasteiger partial charge in [-0.25, -0.2) is 4.79 Å². The highest BCUT2D eigenvalue weighted by molar-refractivity contribution is 5.95. The standard InChI is InChI=1S/C19H24N2O3/c1-2-6-13(12-17(20)22)14-7-8-16-15(11-14)19(24-18(23)21-16)9-4-3-5-10-19/h7-8,11-12H,2-6,9-10H2,1H3,(H2,20,22)(H,21,23)/b13-12+. The third kappa shape index (κ3) is 3.16. The third-order valence-corrected chi connectivity index (χ3v) is 4.90. The number of amides is 2. The lowest BCUT2D eigenvalue weighted by Gasteiger charge is -2.41. The predicted octanol–water partition coefficient (Wildman–Crippen LogP) is 4.08. The zero-order valence-electron chi connectivity index (χ0n) is 14.1. The van der Waals surface area contributed by atoms with Gasteiger partial charge in [0.1, 0.15) is 5.60 Å². The molecule has 3 rings (SSSR count). The van der Waals surface area contributed by atoms with E-state index in [1.54, 1.807) is 0 Å². The van der Waals surface area contributed by atoms with Crippen LogP contribution >= 0.6 is 0 Å². The summed E-state index contributed by atoms with van der Waals surface area (Å²) in [6.07, 6.45) is 7.80. The SMILES string of the molecule is CCC/C(=C\C(N)=O)c1ccc2c(c1)C1(CCCCC1)OC(=O)N2. The maximum absolute atomic E-state index is 12.0. The monoisotopic (exact) mass is 328 g/mol. The van der Waals surface area contributed by atoms with Gasteiger partial charge in [-0.3, -0.25) is 10.1 Å². The quantitative estimate of drug-likeness (QED) is 0.817. The first-order valence-electron chi connectivity index (χ1n) is 8.69. The molecule has 0 unspecified atom stereocenters. The van der Waals surface area contributed by atoms with E-state index < -0.39 is 11.5 Å². The van der Waals surface area contributed by atoms with Crippen LogP contribution < -0.4 is 11.1 Å². The summed E-state index contributed by atoms with van der Waals surface area (Å²) in [5.74, 6) is -0.437. The van der Waals surface area contributed by atoms with Crippen LogP contribution in [0, 0.1) is 0 Å². The Labute approximate surface area is 142 Å². The van der Waals surface area contributed by atoms with Crippen LogP contribution in [-0.4, -0.2) is 12.0 Å². The molecule has 3 N–H and O–H groups in total. The Morgan fingerprint density at radius 1 is 1.33 bits per heavy atom. The van der Waals surface area contributed by atoms with E-state index in [0.29, 0.717) is 0 Å². The normalized spacial score (nSPS) is 19.4. The molecule has 0 atom stereocenters. The Kier molecular flexibility index (Phi) is 4.60. The van der Waals surface area contributed by atoms with Crippen molar-refractivity contribution in [3.8, 4) is 0 Å². The summed E-state index contributed by atoms with van der Waals surface area (Å²) >= 11 is 0. The van der Waals surface area contributed by atoms with Gasteiger partial charge in [0.25, 0.3) is 0 Å². The minimum atomic E-state index is -0.532. The van der Waals surface area contributed by atoms with Crippen molar-refractivity contribution in [1.82, 2.24) is 0 Å². The second kappa shape index (κ2) is 6.67. The first kappa shape index (κ1) is 16.6. The minimum absolute atomic E-state index is 0.376. The molecule has 0 bridgehead atoms. The summed E-state index contributed by atoms with van der Waals surface area (Å²) in [4.78, 5) is 23.3. The maximum Gasteiger partial charge on any atom is 0.412 e. The Balaban J connectivity index is 2.06. The molecule has 0 radical (unpaired) electrons. The van der Waals surface area contributed by atoms with E-state index in [1.165, 1.54) is 12.5 Å². The van der Waals surface area contributed by atoms with Crippen molar-refractivity contribution in [3.05, 3.63) is 35.4 Å². The second-order valence-corrected chi connectivity index (χ2v) is 6.65. The maximum atomic E-state index is 12.0. The topological polar surface area (TPSA) is 81.4 Å². The van der Waals surface area contributed by atoms with Gasteiger partial charge in [-0.05, 0) is 55.4 Å². The highest BCUT2D eigenvalue weighted by Crippen LogP contribution is 2.46. The van der Waals surface area contributed by atoms with Crippen molar-refractivity contribution in [3.63, 3.8) is 0 Å². The molecule has 1 aromatic carbocycles. The number of hydrogen-bond acceptors (Lipinski definition) is 3. The predicted molar refractivity (Wildman–Crippen MR) is 93.4 cm³/mol. The number of rotatable bonds is 4. The Bertz CT molecular complexity index is 688. The number of carbonyl (C=O) groups is 2. The van der Waals surface area contributed by atoms with Crippen molar-refractivity contribution in [2.75, 3.05) is 5.32 Å². The summed E-state index contributed by atoms with van der Waals surface area (Å²) in [5, 5.41) is 2.80. The lowest BCUT2D eigenvalue weighted by atomic mass is 9.77. The molecule has 1 heterocycles. The molecule has 1 aliphatic carbocycles. The summed E-state index contributed by atoms with van der Waals surface area (Å²) in [7, 11) is 0. The molecule has 0 aromatic heterocycles. The van der Waals surface area contributed by atoms with Crippen LogP contribution in [0.3, 0.4) is 0 Å². The fourth-order valence-electron chi connectivity index (χ4n) is 3.83. The molecule has 1 spiro atoms. The number of nitrogens with two attached hydrogens (primary N) is 1. The number of fused-ring (bicyclic) bond motifs is 2. The molecular weight excluding hydrogens is 304 g/mol. The smallest absolute Gasteiger partial charge is 0.412 e. The van der Waals surface area contributed by atoms with Crippen LogP contribution in [0.4, 0.5) is 10.5 Å². The van der Waals surface area contributed by atoms with E-state index >= 15 is 0 Å². The minimum Gasteiger partial charge on any atom is -0.438 e. The van der Waals surface area contributed by atoms with E-state index in [0.717, 1.165) is 60.9 Å². The number of ether oxygens (including phenoxy) is 1. The fraction of sp³-hybridized carbons (Fsp3) is 0.474. The number of anilines is 1. The second-order valence-electron chi connectivity index (χ2n) is 6.65. The van der Waals surface area contributed by atoms with Crippen molar-refractivity contribution < 1.29 is 14.3 Å². The van der Waals surface area contributed by atoms with Crippen molar-refractivity contribution in [1.29, 1.82) is 0 Å². The summed E-state index contributed by atoms with van der Waals surface area (Å²) < 4.78 is 5.76. The first-order chi connectivity index (χ1) is 11.5. The molecule has 128 valence electrons. The van der Waals surface area contributed by atoms with Crippen LogP contribution in [0.25, 0.3) is 5.57 Å². The number of allylic oxidation sites excluding steroid dienone is 1. The Morgan fingerprint density at radius 3 is 2.75 bits per heavy atom. The van der Waals surface area contributed by atoms with Crippen LogP contribution in [0.15, 0.2) is 24.3 Å². The zero-order valence-corrected chi connectivity index (χ0v) is 14.1. The fourth-order valence-corrected chi connectivity index (χ4v) is 3.83. The van der Waals surface area contributed by atoms with Crippen molar-refractivity contribution >= 4 is 23.3 Å². The van der Waals surface area contributed by atoms with Gasteiger partial charge in [0.15, 0.2) is 0 Å². The van der Waals surface area contributed by atoms with Gasteiger partial charge in [0, 0.05) is 11.6 Å². The third-order valence-electron chi connectivity index (χ3n) is 4.90. The Hall–Kier alpha value is -2.30. The van der Waals surface area contributed by atoms with E-state index in [4.69, 9.17) is 10.5 Å². The number of carbonyl (C=O) groups excluding carboxylic acids is 2. The molecule has 1 fully saturated rings. The van der Waals surface area contributed by atoms with E-state index in [9.17, 15) is 9.59 Å². The van der Waals surface area contributed by atoms with Gasteiger partial charge in [-0.2, -0.15) is 0 Å². The molecule has 24 heavy (non-hydrogen) atoms. The van der Waals surface area contributed by atoms with Crippen LogP contribution in [-0.2, 0) is 15.1 Å². The Morgan fingerprint density at radius 2 is 2.08 bits per heavy atom. The van der Waals surface area contributed by atoms with Gasteiger partial charge in [-0.1, -0.05) is 25.8 Å². The summed E-state index contributed by atoms with van der Waals surface area (Å²) in [5.41, 5.74) is 8.55. The van der Waals surface area contributed by atoms with Gasteiger partial charge in [0.2, 0.25) is 5.91 Å². The molecular formula is C19H24N2O3. The molecule has 2 amide bonds. The van der Waals surface area contributed by atoms with Crippen LogP contribution in [0.5, 0.6) is 0 Å². The molecule has 5 heteroatoms. The average molecular weight is 328 g/mol. The largest absolute Gasteiger partial charge is 0.438 e. The molecule has 1 aliphatic heterocycles. The van der Waals surface area contributed by atoms with Gasteiger partial charge < -0.3 is 10.5 Å². The molecule has 2 aliphatic rings. The molecule has 5 nitrogen and oxygen atoms in total. The number of benzene rings is 1. The highest BCUT2D eigenvalue weighted by atomic mass is 16.6. The lowest BCUT2D eigenvalue weighted by molar-refractivity contribution is -0.113. The van der Waals surface area contributed by atoms with Gasteiger partial charge in [0.05, 0.1) is 5.69 Å². The van der Waals surface area contributed by atoms with Crippen LogP contribution in [0.2, 0.25) is 0 Å². The molecule has 0 saturated heterocycles. The zero-order chi connectivity index (χ0) is 17.2. The van der Waals surface area contributed by atoms with E-state index in [1.807, 2.05) is 12.1 Å². The number of primary amides is 1. The lowest BCUT2D eigenvalue weighted by Crippen LogP contribution is -2.41. The van der Waals surface area contributed by atoms with Crippen LogP contribution in [0.1, 0.15) is 63.0 Å². The van der Waals surface area contributed by atoms with Gasteiger partial charge >= 0.3 is 6.09 Å². The van der Waals surface area contributed by atoms with E-state index in [-0.39, 0.29) is 6.09 Å². The first-order valence-corrected chi connectivity index (χ1v) is 8.69. The average Bonchev–Trinajstić information content (AvgIpc) is 2.54. The molecule has 1 aromatic rings. The number of hydrogen-bond donors (Lipinski definition) is 2. The van der Waals surface area contributed by atoms with Crippen molar-refractivity contribution in [2.24, 2.45) is 5.73 Å². The van der Waals surface area contributed by atoms with Gasteiger partial charge in [-0.15, -0.1) is 0 Å².